The summed E-state index contributed by atoms with van der Waals surface area (Å²) in [5.41, 5.74) is 2.98. The molecular formula is C17H16N4O. The van der Waals surface area contributed by atoms with E-state index in [0.717, 1.165) is 49.2 Å². The van der Waals surface area contributed by atoms with E-state index in [9.17, 15) is 4.79 Å². The molecule has 22 heavy (non-hydrogen) atoms. The summed E-state index contributed by atoms with van der Waals surface area (Å²) >= 11 is 0. The molecular weight excluding hydrogens is 276 g/mol. The van der Waals surface area contributed by atoms with E-state index >= 15 is 0 Å². The number of nitriles is 2. The zero-order valence-corrected chi connectivity index (χ0v) is 12.2. The molecule has 1 aliphatic carbocycles. The minimum atomic E-state index is 0.0308. The molecule has 1 saturated carbocycles. The van der Waals surface area contributed by atoms with Gasteiger partial charge in [-0.25, -0.2) is 0 Å². The summed E-state index contributed by atoms with van der Waals surface area (Å²) < 4.78 is 0. The molecule has 5 heteroatoms. The van der Waals surface area contributed by atoms with E-state index < -0.39 is 0 Å². The fourth-order valence-electron chi connectivity index (χ4n) is 2.71. The highest BCUT2D eigenvalue weighted by Crippen LogP contribution is 2.36. The van der Waals surface area contributed by atoms with Crippen molar-refractivity contribution < 1.29 is 4.79 Å². The number of aryl methyl sites for hydroxylation is 1. The lowest BCUT2D eigenvalue weighted by Crippen LogP contribution is -2.36. The summed E-state index contributed by atoms with van der Waals surface area (Å²) in [6, 6.07) is 9.43. The summed E-state index contributed by atoms with van der Waals surface area (Å²) in [5, 5.41) is 20.4. The van der Waals surface area contributed by atoms with E-state index in [0.29, 0.717) is 0 Å². The van der Waals surface area contributed by atoms with Gasteiger partial charge in [-0.2, -0.15) is 10.5 Å². The van der Waals surface area contributed by atoms with E-state index in [1.807, 2.05) is 35.2 Å². The predicted octanol–water partition coefficient (Wildman–Crippen LogP) is 2.72. The Morgan fingerprint density at radius 2 is 2.09 bits per heavy atom. The summed E-state index contributed by atoms with van der Waals surface area (Å²) in [6.07, 6.45) is 5.33. The van der Waals surface area contributed by atoms with E-state index in [1.165, 1.54) is 6.20 Å². The molecule has 1 amide bonds. The zero-order chi connectivity index (χ0) is 15.5. The van der Waals surface area contributed by atoms with Gasteiger partial charge >= 0.3 is 0 Å². The number of hydrogen-bond acceptors (Lipinski definition) is 4. The number of nitrogens with one attached hydrogen (secondary N) is 1. The van der Waals surface area contributed by atoms with Crippen LogP contribution in [-0.2, 0) is 11.2 Å². The summed E-state index contributed by atoms with van der Waals surface area (Å²) in [4.78, 5) is 14.2. The van der Waals surface area contributed by atoms with Crippen molar-refractivity contribution >= 4 is 17.3 Å². The Kier molecular flexibility index (Phi) is 3.80. The largest absolute Gasteiger partial charge is 0.360 e. The summed E-state index contributed by atoms with van der Waals surface area (Å²) in [6.45, 7) is 0.794. The van der Waals surface area contributed by atoms with Crippen LogP contribution in [0.3, 0.4) is 0 Å². The fourth-order valence-corrected chi connectivity index (χ4v) is 2.71. The molecule has 110 valence electrons. The van der Waals surface area contributed by atoms with Crippen molar-refractivity contribution in [2.45, 2.75) is 25.7 Å². The van der Waals surface area contributed by atoms with Crippen LogP contribution in [0.15, 0.2) is 30.0 Å². The Balaban J connectivity index is 1.81. The fraction of sp³-hybridized carbons (Fsp3) is 0.353. The number of fused-ring (bicyclic) bond motifs is 1. The van der Waals surface area contributed by atoms with Crippen molar-refractivity contribution in [3.05, 3.63) is 35.5 Å². The molecule has 1 N–H and O–H groups in total. The number of nitrogens with zero attached hydrogens (tertiary/aromatic N) is 3. The maximum atomic E-state index is 12.3. The number of carbonyl (C=O) groups excluding carboxylic acids is 1. The highest BCUT2D eigenvalue weighted by Gasteiger charge is 2.35. The SMILES string of the molecule is N#CC(C#N)=CNc1ccc2c(c1)CCCN2C(=O)C1CC1. The molecule has 1 aliphatic heterocycles. The summed E-state index contributed by atoms with van der Waals surface area (Å²) in [7, 11) is 0. The van der Waals surface area contributed by atoms with Crippen LogP contribution in [0, 0.1) is 28.6 Å². The average molecular weight is 292 g/mol. The van der Waals surface area contributed by atoms with Crippen LogP contribution in [0.2, 0.25) is 0 Å². The quantitative estimate of drug-likeness (QED) is 0.869. The van der Waals surface area contributed by atoms with Gasteiger partial charge in [-0.15, -0.1) is 0 Å². The number of benzene rings is 1. The van der Waals surface area contributed by atoms with E-state index in [-0.39, 0.29) is 17.4 Å². The second-order valence-electron chi connectivity index (χ2n) is 5.64. The molecule has 1 aromatic carbocycles. The first-order chi connectivity index (χ1) is 10.7. The molecule has 2 aliphatic rings. The van der Waals surface area contributed by atoms with Crippen LogP contribution < -0.4 is 10.2 Å². The lowest BCUT2D eigenvalue weighted by molar-refractivity contribution is -0.119. The standard InChI is InChI=1S/C17H16N4O/c18-9-12(10-19)11-20-15-5-6-16-14(8-15)2-1-7-21(16)17(22)13-3-4-13/h5-6,8,11,13,20H,1-4,7H2. The van der Waals surface area contributed by atoms with Gasteiger partial charge in [0.1, 0.15) is 17.7 Å². The minimum absolute atomic E-state index is 0.0308. The Labute approximate surface area is 129 Å². The Bertz CT molecular complexity index is 703. The summed E-state index contributed by atoms with van der Waals surface area (Å²) in [5.74, 6) is 0.471. The van der Waals surface area contributed by atoms with Gasteiger partial charge in [-0.3, -0.25) is 4.79 Å². The van der Waals surface area contributed by atoms with Crippen molar-refractivity contribution in [1.29, 1.82) is 10.5 Å². The van der Waals surface area contributed by atoms with Gasteiger partial charge in [0.2, 0.25) is 5.91 Å². The molecule has 0 radical (unpaired) electrons. The average Bonchev–Trinajstić information content (AvgIpc) is 3.39. The first-order valence-corrected chi connectivity index (χ1v) is 7.44. The van der Waals surface area contributed by atoms with Crippen LogP contribution in [0.1, 0.15) is 24.8 Å². The molecule has 3 rings (SSSR count). The van der Waals surface area contributed by atoms with Crippen molar-refractivity contribution in [3.63, 3.8) is 0 Å². The predicted molar refractivity (Wildman–Crippen MR) is 82.8 cm³/mol. The first-order valence-electron chi connectivity index (χ1n) is 7.44. The van der Waals surface area contributed by atoms with Crippen LogP contribution in [-0.4, -0.2) is 12.5 Å². The second kappa shape index (κ2) is 5.91. The normalized spacial score (nSPS) is 16.0. The number of carbonyl (C=O) groups is 1. The van der Waals surface area contributed by atoms with Crippen LogP contribution in [0.4, 0.5) is 11.4 Å². The number of anilines is 2. The topological polar surface area (TPSA) is 79.9 Å². The maximum absolute atomic E-state index is 12.3. The number of amides is 1. The third-order valence-corrected chi connectivity index (χ3v) is 4.01. The third-order valence-electron chi connectivity index (χ3n) is 4.01. The van der Waals surface area contributed by atoms with Gasteiger partial charge in [-0.1, -0.05) is 0 Å². The van der Waals surface area contributed by atoms with Crippen molar-refractivity contribution in [2.75, 3.05) is 16.8 Å². The highest BCUT2D eigenvalue weighted by atomic mass is 16.2. The Morgan fingerprint density at radius 1 is 1.32 bits per heavy atom. The molecule has 5 nitrogen and oxygen atoms in total. The molecule has 0 bridgehead atoms. The van der Waals surface area contributed by atoms with Crippen LogP contribution >= 0.6 is 0 Å². The number of rotatable bonds is 3. The van der Waals surface area contributed by atoms with Gasteiger partial charge in [0, 0.05) is 30.0 Å². The highest BCUT2D eigenvalue weighted by molar-refractivity contribution is 5.97. The van der Waals surface area contributed by atoms with Gasteiger partial charge in [-0.05, 0) is 49.4 Å². The van der Waals surface area contributed by atoms with Gasteiger partial charge in [0.25, 0.3) is 0 Å². The molecule has 0 saturated heterocycles. The van der Waals surface area contributed by atoms with E-state index in [1.54, 1.807) is 0 Å². The lowest BCUT2D eigenvalue weighted by atomic mass is 10.0. The van der Waals surface area contributed by atoms with Crippen molar-refractivity contribution in [1.82, 2.24) is 0 Å². The van der Waals surface area contributed by atoms with Crippen LogP contribution in [0.25, 0.3) is 0 Å². The maximum Gasteiger partial charge on any atom is 0.230 e. The van der Waals surface area contributed by atoms with E-state index in [2.05, 4.69) is 5.32 Å². The first kappa shape index (κ1) is 14.2. The zero-order valence-electron chi connectivity index (χ0n) is 12.2. The molecule has 0 unspecified atom stereocenters. The molecule has 0 atom stereocenters. The van der Waals surface area contributed by atoms with Crippen molar-refractivity contribution in [3.8, 4) is 12.1 Å². The Morgan fingerprint density at radius 3 is 2.77 bits per heavy atom. The van der Waals surface area contributed by atoms with Crippen molar-refractivity contribution in [2.24, 2.45) is 5.92 Å². The Hall–Kier alpha value is -2.79. The lowest BCUT2D eigenvalue weighted by Gasteiger charge is -2.30. The number of allylic oxidation sites excluding steroid dienone is 1. The molecule has 0 aromatic heterocycles. The monoisotopic (exact) mass is 292 g/mol. The van der Waals surface area contributed by atoms with Gasteiger partial charge < -0.3 is 10.2 Å². The van der Waals surface area contributed by atoms with Gasteiger partial charge in [0.15, 0.2) is 0 Å². The van der Waals surface area contributed by atoms with E-state index in [4.69, 9.17) is 10.5 Å². The van der Waals surface area contributed by atoms with Crippen LogP contribution in [0.5, 0.6) is 0 Å². The third kappa shape index (κ3) is 2.80. The smallest absolute Gasteiger partial charge is 0.230 e. The molecule has 1 fully saturated rings. The second-order valence-corrected chi connectivity index (χ2v) is 5.64. The minimum Gasteiger partial charge on any atom is -0.360 e. The molecule has 0 spiro atoms. The van der Waals surface area contributed by atoms with Gasteiger partial charge in [0.05, 0.1) is 0 Å². The molecule has 1 aromatic rings. The molecule has 1 heterocycles. The number of hydrogen-bond donors (Lipinski definition) is 1.